The predicted octanol–water partition coefficient (Wildman–Crippen LogP) is 6.14. The van der Waals surface area contributed by atoms with Gasteiger partial charge in [0, 0.05) is 4.47 Å². The van der Waals surface area contributed by atoms with E-state index in [-0.39, 0.29) is 18.1 Å². The highest BCUT2D eigenvalue weighted by Crippen LogP contribution is 2.32. The molecule has 22 heavy (non-hydrogen) atoms. The Morgan fingerprint density at radius 2 is 1.86 bits per heavy atom. The molecule has 0 aliphatic heterocycles. The molecule has 0 aromatic heterocycles. The van der Waals surface area contributed by atoms with Crippen LogP contribution in [0.4, 0.5) is 8.78 Å². The lowest BCUT2D eigenvalue weighted by atomic mass is 10.2. The second kappa shape index (κ2) is 11.0. The molecule has 0 aliphatic rings. The van der Waals surface area contributed by atoms with Crippen molar-refractivity contribution < 1.29 is 18.3 Å². The zero-order chi connectivity index (χ0) is 17.1. The minimum Gasteiger partial charge on any atom is -0.485 e. The SMILES string of the molecule is C=C(C)/C=C\C(=C)COc1ccc(Br)cc1OC(F)F.CC. The molecule has 1 aromatic carbocycles. The Bertz CT molecular complexity index is 525. The van der Waals surface area contributed by atoms with E-state index in [1.54, 1.807) is 24.3 Å². The Labute approximate surface area is 139 Å². The van der Waals surface area contributed by atoms with Gasteiger partial charge in [-0.25, -0.2) is 0 Å². The average Bonchev–Trinajstić information content (AvgIpc) is 2.45. The molecule has 0 saturated carbocycles. The van der Waals surface area contributed by atoms with E-state index >= 15 is 0 Å². The number of halogens is 3. The third-order valence-corrected chi connectivity index (χ3v) is 2.63. The van der Waals surface area contributed by atoms with Crippen LogP contribution in [0.5, 0.6) is 11.5 Å². The van der Waals surface area contributed by atoms with Crippen molar-refractivity contribution >= 4 is 15.9 Å². The highest BCUT2D eigenvalue weighted by molar-refractivity contribution is 9.10. The molecule has 1 aromatic rings. The molecule has 0 unspecified atom stereocenters. The van der Waals surface area contributed by atoms with Crippen LogP contribution in [-0.2, 0) is 0 Å². The van der Waals surface area contributed by atoms with Crippen LogP contribution in [0.25, 0.3) is 0 Å². The van der Waals surface area contributed by atoms with E-state index in [1.165, 1.54) is 6.07 Å². The first kappa shape index (κ1) is 20.4. The number of ether oxygens (including phenoxy) is 2. The van der Waals surface area contributed by atoms with Crippen molar-refractivity contribution in [2.75, 3.05) is 6.61 Å². The van der Waals surface area contributed by atoms with Crippen LogP contribution in [0.15, 0.2) is 59.1 Å². The summed E-state index contributed by atoms with van der Waals surface area (Å²) in [6.45, 7) is 10.6. The molecule has 1 rings (SSSR count). The Morgan fingerprint density at radius 1 is 1.23 bits per heavy atom. The summed E-state index contributed by atoms with van der Waals surface area (Å²) in [6.07, 6.45) is 3.55. The van der Waals surface area contributed by atoms with Crippen molar-refractivity contribution in [1.82, 2.24) is 0 Å². The molecule has 2 nitrogen and oxygen atoms in total. The number of alkyl halides is 2. The maximum absolute atomic E-state index is 12.3. The second-order valence-corrected chi connectivity index (χ2v) is 5.01. The molecule has 0 spiro atoms. The summed E-state index contributed by atoms with van der Waals surface area (Å²) in [5.74, 6) is 0.212. The number of benzene rings is 1. The fourth-order valence-corrected chi connectivity index (χ4v) is 1.61. The standard InChI is InChI=1S/C15H15BrF2O2.C2H6/c1-10(2)4-5-11(3)9-19-13-7-6-12(16)8-14(13)20-15(17)18;1-2/h4-8,15H,1,3,9H2,2H3;1-2H3/b5-4-;. The average molecular weight is 375 g/mol. The van der Waals surface area contributed by atoms with E-state index in [1.807, 2.05) is 20.8 Å². The third kappa shape index (κ3) is 8.62. The summed E-state index contributed by atoms with van der Waals surface area (Å²) in [5, 5.41) is 0. The maximum Gasteiger partial charge on any atom is 0.387 e. The van der Waals surface area contributed by atoms with E-state index < -0.39 is 6.61 Å². The van der Waals surface area contributed by atoms with E-state index in [0.717, 1.165) is 5.57 Å². The molecule has 0 radical (unpaired) electrons. The number of allylic oxidation sites excluding steroid dienone is 2. The first-order valence-electron chi connectivity index (χ1n) is 6.77. The van der Waals surface area contributed by atoms with Crippen LogP contribution in [-0.4, -0.2) is 13.2 Å². The van der Waals surface area contributed by atoms with Gasteiger partial charge in [0.1, 0.15) is 6.61 Å². The largest absolute Gasteiger partial charge is 0.485 e. The molecule has 0 aliphatic carbocycles. The van der Waals surface area contributed by atoms with Crippen molar-refractivity contribution in [3.05, 3.63) is 59.1 Å². The quantitative estimate of drug-likeness (QED) is 0.533. The zero-order valence-corrected chi connectivity index (χ0v) is 14.6. The van der Waals surface area contributed by atoms with Gasteiger partial charge in [0.05, 0.1) is 0 Å². The van der Waals surface area contributed by atoms with Gasteiger partial charge in [-0.3, -0.25) is 0 Å². The first-order valence-corrected chi connectivity index (χ1v) is 7.56. The Kier molecular flexibility index (Phi) is 10.2. The van der Waals surface area contributed by atoms with Gasteiger partial charge in [-0.1, -0.05) is 60.7 Å². The number of hydrogen-bond acceptors (Lipinski definition) is 2. The van der Waals surface area contributed by atoms with Crippen LogP contribution in [0.2, 0.25) is 0 Å². The lowest BCUT2D eigenvalue weighted by Crippen LogP contribution is -2.05. The monoisotopic (exact) mass is 374 g/mol. The number of hydrogen-bond donors (Lipinski definition) is 0. The summed E-state index contributed by atoms with van der Waals surface area (Å²) in [7, 11) is 0. The first-order chi connectivity index (χ1) is 10.4. The van der Waals surface area contributed by atoms with Crippen LogP contribution in [0, 0.1) is 0 Å². The lowest BCUT2D eigenvalue weighted by Gasteiger charge is -2.12. The summed E-state index contributed by atoms with van der Waals surface area (Å²) in [5.41, 5.74) is 1.58. The van der Waals surface area contributed by atoms with Crippen molar-refractivity contribution in [3.8, 4) is 11.5 Å². The molecule has 0 bridgehead atoms. The zero-order valence-electron chi connectivity index (χ0n) is 13.0. The Balaban J connectivity index is 0.00000211. The predicted molar refractivity (Wildman–Crippen MR) is 90.7 cm³/mol. The van der Waals surface area contributed by atoms with E-state index in [0.29, 0.717) is 10.0 Å². The van der Waals surface area contributed by atoms with Gasteiger partial charge in [-0.05, 0) is 30.7 Å². The van der Waals surface area contributed by atoms with Crippen LogP contribution < -0.4 is 9.47 Å². The van der Waals surface area contributed by atoms with E-state index in [9.17, 15) is 8.78 Å². The van der Waals surface area contributed by atoms with Gasteiger partial charge in [0.15, 0.2) is 11.5 Å². The molecular weight excluding hydrogens is 354 g/mol. The molecule has 0 heterocycles. The van der Waals surface area contributed by atoms with Crippen molar-refractivity contribution in [1.29, 1.82) is 0 Å². The fourth-order valence-electron chi connectivity index (χ4n) is 1.27. The second-order valence-electron chi connectivity index (χ2n) is 4.10. The summed E-state index contributed by atoms with van der Waals surface area (Å²) in [4.78, 5) is 0. The highest BCUT2D eigenvalue weighted by Gasteiger charge is 2.11. The summed E-state index contributed by atoms with van der Waals surface area (Å²) in [6, 6.07) is 4.66. The van der Waals surface area contributed by atoms with E-state index in [2.05, 4.69) is 33.8 Å². The molecule has 122 valence electrons. The summed E-state index contributed by atoms with van der Waals surface area (Å²) < 4.78 is 35.1. The Morgan fingerprint density at radius 3 is 2.41 bits per heavy atom. The third-order valence-electron chi connectivity index (χ3n) is 2.14. The van der Waals surface area contributed by atoms with E-state index in [4.69, 9.17) is 4.74 Å². The van der Waals surface area contributed by atoms with Crippen molar-refractivity contribution in [2.45, 2.75) is 27.4 Å². The lowest BCUT2D eigenvalue weighted by molar-refractivity contribution is -0.0514. The van der Waals surface area contributed by atoms with Gasteiger partial charge >= 0.3 is 6.61 Å². The molecule has 0 atom stereocenters. The van der Waals surface area contributed by atoms with Gasteiger partial charge in [-0.15, -0.1) is 0 Å². The normalized spacial score (nSPS) is 10.1. The maximum atomic E-state index is 12.3. The molecule has 0 N–H and O–H groups in total. The number of rotatable bonds is 7. The molecule has 5 heteroatoms. The highest BCUT2D eigenvalue weighted by atomic mass is 79.9. The van der Waals surface area contributed by atoms with Gasteiger partial charge in [0.2, 0.25) is 0 Å². The van der Waals surface area contributed by atoms with Gasteiger partial charge in [-0.2, -0.15) is 8.78 Å². The van der Waals surface area contributed by atoms with Crippen molar-refractivity contribution in [2.24, 2.45) is 0 Å². The smallest absolute Gasteiger partial charge is 0.387 e. The molecular formula is C17H21BrF2O2. The fraction of sp³-hybridized carbons (Fsp3) is 0.294. The molecule has 0 fully saturated rings. The van der Waals surface area contributed by atoms with Crippen LogP contribution >= 0.6 is 15.9 Å². The Hall–Kier alpha value is -1.62. The van der Waals surface area contributed by atoms with Gasteiger partial charge in [0.25, 0.3) is 0 Å². The van der Waals surface area contributed by atoms with Crippen LogP contribution in [0.1, 0.15) is 20.8 Å². The molecule has 0 amide bonds. The topological polar surface area (TPSA) is 18.5 Å². The minimum absolute atomic E-state index is 0.0222. The van der Waals surface area contributed by atoms with Crippen LogP contribution in [0.3, 0.4) is 0 Å². The van der Waals surface area contributed by atoms with Crippen molar-refractivity contribution in [3.63, 3.8) is 0 Å². The molecule has 0 saturated heterocycles. The van der Waals surface area contributed by atoms with Gasteiger partial charge < -0.3 is 9.47 Å². The summed E-state index contributed by atoms with van der Waals surface area (Å²) >= 11 is 3.19. The minimum atomic E-state index is -2.90.